The summed E-state index contributed by atoms with van der Waals surface area (Å²) in [6.45, 7) is -1.22. The molecule has 7 heteroatoms. The number of anilines is 1. The summed E-state index contributed by atoms with van der Waals surface area (Å²) in [6.07, 6.45) is 0. The van der Waals surface area contributed by atoms with Crippen molar-refractivity contribution >= 4 is 22.4 Å². The molecule has 5 nitrogen and oxygen atoms in total. The van der Waals surface area contributed by atoms with Crippen LogP contribution < -0.4 is 19.5 Å². The molecule has 0 unspecified atom stereocenters. The summed E-state index contributed by atoms with van der Waals surface area (Å²) in [5.74, 6) is 0.0420. The molecule has 0 aliphatic carbocycles. The molecule has 1 N–H and O–H groups in total. The third-order valence-electron chi connectivity index (χ3n) is 4.61. The number of hydrogen-bond acceptors (Lipinski definition) is 4. The van der Waals surface area contributed by atoms with Gasteiger partial charge in [-0.05, 0) is 47.5 Å². The van der Waals surface area contributed by atoms with Crippen molar-refractivity contribution in [2.75, 3.05) is 19.5 Å². The van der Waals surface area contributed by atoms with E-state index in [0.717, 1.165) is 22.1 Å². The molecule has 0 aliphatic rings. The van der Waals surface area contributed by atoms with Crippen LogP contribution in [0, 0.1) is 0 Å². The normalized spacial score (nSPS) is 11.9. The standard InChI is InChI=1S/C22H21F2NO4/c1-13(14-4-5-16-11-18(27-2)8-6-15(16)10-14)21(26)25-17-7-9-19(28-3)20(12-17)29-22(23)24/h4-13,22H,1-3H3,(H,25,26)/t13-/m0/s1. The number of benzene rings is 3. The third-order valence-corrected chi connectivity index (χ3v) is 4.61. The summed E-state index contributed by atoms with van der Waals surface area (Å²) >= 11 is 0. The topological polar surface area (TPSA) is 56.8 Å². The zero-order chi connectivity index (χ0) is 21.0. The Hall–Kier alpha value is -3.35. The molecule has 3 aromatic carbocycles. The van der Waals surface area contributed by atoms with Crippen LogP contribution in [0.15, 0.2) is 54.6 Å². The lowest BCUT2D eigenvalue weighted by molar-refractivity contribution is -0.117. The fraction of sp³-hybridized carbons (Fsp3) is 0.227. The van der Waals surface area contributed by atoms with Crippen molar-refractivity contribution in [1.82, 2.24) is 0 Å². The highest BCUT2D eigenvalue weighted by Gasteiger charge is 2.18. The Bertz CT molecular complexity index is 1020. The van der Waals surface area contributed by atoms with Crippen LogP contribution in [-0.4, -0.2) is 26.7 Å². The van der Waals surface area contributed by atoms with Crippen molar-refractivity contribution in [3.63, 3.8) is 0 Å². The maximum absolute atomic E-state index is 12.7. The summed E-state index contributed by atoms with van der Waals surface area (Å²) in [7, 11) is 2.96. The van der Waals surface area contributed by atoms with E-state index < -0.39 is 12.5 Å². The van der Waals surface area contributed by atoms with Gasteiger partial charge in [0.2, 0.25) is 5.91 Å². The van der Waals surface area contributed by atoms with Crippen molar-refractivity contribution in [3.8, 4) is 17.2 Å². The monoisotopic (exact) mass is 401 g/mol. The predicted octanol–water partition coefficient (Wildman–Crippen LogP) is 5.20. The van der Waals surface area contributed by atoms with E-state index in [1.807, 2.05) is 36.4 Å². The van der Waals surface area contributed by atoms with Gasteiger partial charge in [0.15, 0.2) is 11.5 Å². The zero-order valence-electron chi connectivity index (χ0n) is 16.2. The molecular formula is C22H21F2NO4. The van der Waals surface area contributed by atoms with Gasteiger partial charge in [-0.1, -0.05) is 24.3 Å². The Morgan fingerprint density at radius 2 is 1.62 bits per heavy atom. The smallest absolute Gasteiger partial charge is 0.387 e. The molecule has 0 aromatic heterocycles. The molecule has 3 aromatic rings. The van der Waals surface area contributed by atoms with Gasteiger partial charge in [0, 0.05) is 11.8 Å². The van der Waals surface area contributed by atoms with Gasteiger partial charge in [-0.25, -0.2) is 0 Å². The van der Waals surface area contributed by atoms with Gasteiger partial charge >= 0.3 is 6.61 Å². The molecule has 0 heterocycles. The number of carbonyl (C=O) groups excluding carboxylic acids is 1. The number of ether oxygens (including phenoxy) is 3. The maximum Gasteiger partial charge on any atom is 0.387 e. The van der Waals surface area contributed by atoms with E-state index in [9.17, 15) is 13.6 Å². The highest BCUT2D eigenvalue weighted by atomic mass is 19.3. The van der Waals surface area contributed by atoms with Crippen molar-refractivity contribution in [1.29, 1.82) is 0 Å². The van der Waals surface area contributed by atoms with Gasteiger partial charge in [-0.15, -0.1) is 0 Å². The van der Waals surface area contributed by atoms with Gasteiger partial charge in [0.25, 0.3) is 0 Å². The number of halogens is 2. The summed E-state index contributed by atoms with van der Waals surface area (Å²) in [5, 5.41) is 4.72. The summed E-state index contributed by atoms with van der Waals surface area (Å²) < 4.78 is 39.8. The van der Waals surface area contributed by atoms with Gasteiger partial charge in [-0.2, -0.15) is 8.78 Å². The molecule has 152 valence electrons. The molecule has 0 spiro atoms. The molecule has 0 saturated carbocycles. The van der Waals surface area contributed by atoms with Crippen LogP contribution in [0.4, 0.5) is 14.5 Å². The number of rotatable bonds is 7. The molecule has 1 amide bonds. The van der Waals surface area contributed by atoms with Crippen molar-refractivity contribution in [2.45, 2.75) is 19.5 Å². The highest BCUT2D eigenvalue weighted by Crippen LogP contribution is 2.32. The number of nitrogens with one attached hydrogen (secondary N) is 1. The fourth-order valence-corrected chi connectivity index (χ4v) is 2.98. The Kier molecular flexibility index (Phi) is 6.16. The molecule has 0 radical (unpaired) electrons. The van der Waals surface area contributed by atoms with Crippen LogP contribution in [0.1, 0.15) is 18.4 Å². The van der Waals surface area contributed by atoms with E-state index in [0.29, 0.717) is 5.69 Å². The molecular weight excluding hydrogens is 380 g/mol. The zero-order valence-corrected chi connectivity index (χ0v) is 16.2. The second-order valence-electron chi connectivity index (χ2n) is 6.43. The lowest BCUT2D eigenvalue weighted by atomic mass is 9.97. The Morgan fingerprint density at radius 1 is 0.897 bits per heavy atom. The fourth-order valence-electron chi connectivity index (χ4n) is 2.98. The average molecular weight is 401 g/mol. The van der Waals surface area contributed by atoms with E-state index in [4.69, 9.17) is 9.47 Å². The highest BCUT2D eigenvalue weighted by molar-refractivity contribution is 5.96. The molecule has 1 atom stereocenters. The average Bonchev–Trinajstić information content (AvgIpc) is 2.72. The number of hydrogen-bond donors (Lipinski definition) is 1. The first kappa shape index (κ1) is 20.4. The van der Waals surface area contributed by atoms with E-state index in [1.54, 1.807) is 20.1 Å². The SMILES string of the molecule is COc1ccc2cc([C@H](C)C(=O)Nc3ccc(OC)c(OC(F)F)c3)ccc2c1. The molecule has 0 fully saturated rings. The van der Waals surface area contributed by atoms with Crippen LogP contribution in [0.2, 0.25) is 0 Å². The van der Waals surface area contributed by atoms with Crippen LogP contribution in [0.3, 0.4) is 0 Å². The number of methoxy groups -OCH3 is 2. The van der Waals surface area contributed by atoms with E-state index in [2.05, 4.69) is 10.1 Å². The van der Waals surface area contributed by atoms with Crippen LogP contribution in [-0.2, 0) is 4.79 Å². The van der Waals surface area contributed by atoms with E-state index >= 15 is 0 Å². The number of carbonyl (C=O) groups is 1. The first-order chi connectivity index (χ1) is 13.9. The molecule has 3 rings (SSSR count). The number of alkyl halides is 2. The molecule has 0 bridgehead atoms. The minimum Gasteiger partial charge on any atom is -0.497 e. The van der Waals surface area contributed by atoms with Crippen LogP contribution in [0.25, 0.3) is 10.8 Å². The molecule has 29 heavy (non-hydrogen) atoms. The Balaban J connectivity index is 1.79. The van der Waals surface area contributed by atoms with Gasteiger partial charge in [0.05, 0.1) is 20.1 Å². The quantitative estimate of drug-likeness (QED) is 0.591. The molecule has 0 aliphatic heterocycles. The summed E-state index contributed by atoms with van der Waals surface area (Å²) in [4.78, 5) is 12.7. The maximum atomic E-state index is 12.7. The second kappa shape index (κ2) is 8.77. The van der Waals surface area contributed by atoms with Crippen molar-refractivity contribution in [2.24, 2.45) is 0 Å². The van der Waals surface area contributed by atoms with Crippen LogP contribution >= 0.6 is 0 Å². The van der Waals surface area contributed by atoms with Crippen LogP contribution in [0.5, 0.6) is 17.2 Å². The minimum absolute atomic E-state index is 0.146. The lowest BCUT2D eigenvalue weighted by Crippen LogP contribution is -2.19. The summed E-state index contributed by atoms with van der Waals surface area (Å²) in [6, 6.07) is 15.8. The Labute approximate surface area is 167 Å². The van der Waals surface area contributed by atoms with Gasteiger partial charge in [-0.3, -0.25) is 4.79 Å². The lowest BCUT2D eigenvalue weighted by Gasteiger charge is -2.15. The third kappa shape index (κ3) is 4.74. The minimum atomic E-state index is -3.00. The number of amides is 1. The van der Waals surface area contributed by atoms with E-state index in [1.165, 1.54) is 19.2 Å². The second-order valence-corrected chi connectivity index (χ2v) is 6.43. The molecule has 0 saturated heterocycles. The van der Waals surface area contributed by atoms with E-state index in [-0.39, 0.29) is 17.4 Å². The van der Waals surface area contributed by atoms with Gasteiger partial charge in [0.1, 0.15) is 5.75 Å². The predicted molar refractivity (Wildman–Crippen MR) is 107 cm³/mol. The van der Waals surface area contributed by atoms with Crippen molar-refractivity contribution < 1.29 is 27.8 Å². The van der Waals surface area contributed by atoms with Crippen molar-refractivity contribution in [3.05, 3.63) is 60.2 Å². The first-order valence-corrected chi connectivity index (χ1v) is 8.92. The number of fused-ring (bicyclic) bond motifs is 1. The largest absolute Gasteiger partial charge is 0.497 e. The Morgan fingerprint density at radius 3 is 2.31 bits per heavy atom. The first-order valence-electron chi connectivity index (χ1n) is 8.92. The summed E-state index contributed by atoms with van der Waals surface area (Å²) in [5.41, 5.74) is 1.17. The van der Waals surface area contributed by atoms with Gasteiger partial charge < -0.3 is 19.5 Å².